The topological polar surface area (TPSA) is 86.1 Å². The molecule has 3 aromatic rings. The lowest BCUT2D eigenvalue weighted by Gasteiger charge is -2.40. The Morgan fingerprint density at radius 1 is 0.949 bits per heavy atom. The fraction of sp³-hybridized carbons (Fsp3) is 0.379. The summed E-state index contributed by atoms with van der Waals surface area (Å²) in [6.45, 7) is 3.53. The highest BCUT2D eigenvalue weighted by Crippen LogP contribution is 2.39. The molecule has 10 heteroatoms. The van der Waals surface area contributed by atoms with E-state index < -0.39 is 17.8 Å². The third-order valence-corrected chi connectivity index (χ3v) is 7.01. The lowest BCUT2D eigenvalue weighted by molar-refractivity contribution is -0.258. The van der Waals surface area contributed by atoms with Crippen LogP contribution in [-0.4, -0.2) is 76.0 Å². The van der Waals surface area contributed by atoms with Gasteiger partial charge in [0.05, 0.1) is 6.61 Å². The van der Waals surface area contributed by atoms with Crippen molar-refractivity contribution in [2.45, 2.75) is 37.8 Å². The lowest BCUT2D eigenvalue weighted by atomic mass is 9.93. The summed E-state index contributed by atoms with van der Waals surface area (Å²) >= 11 is 0. The summed E-state index contributed by atoms with van der Waals surface area (Å²) in [5.41, 5.74) is 0.464. The molecule has 1 aliphatic heterocycles. The van der Waals surface area contributed by atoms with E-state index >= 15 is 0 Å². The summed E-state index contributed by atoms with van der Waals surface area (Å²) in [4.78, 5) is 21.2. The number of piperazine rings is 1. The predicted octanol–water partition coefficient (Wildman–Crippen LogP) is 3.74. The van der Waals surface area contributed by atoms with Gasteiger partial charge in [-0.05, 0) is 46.9 Å². The molecular weight excluding hydrogens is 511 g/mol. The number of ether oxygens (including phenoxy) is 1. The second-order valence-corrected chi connectivity index (χ2v) is 9.81. The van der Waals surface area contributed by atoms with Crippen LogP contribution in [0.1, 0.15) is 23.6 Å². The quantitative estimate of drug-likeness (QED) is 0.398. The van der Waals surface area contributed by atoms with Crippen molar-refractivity contribution in [3.63, 3.8) is 0 Å². The highest BCUT2D eigenvalue weighted by Gasteiger charge is 2.51. The molecule has 1 aliphatic rings. The lowest BCUT2D eigenvalue weighted by Crippen LogP contribution is -2.56. The summed E-state index contributed by atoms with van der Waals surface area (Å²) in [7, 11) is 0. The number of nitrogens with zero attached hydrogens (tertiary/aromatic N) is 3. The van der Waals surface area contributed by atoms with Crippen LogP contribution in [0.5, 0.6) is 0 Å². The maximum absolute atomic E-state index is 13.1. The molecule has 0 radical (unpaired) electrons. The number of esters is 1. The minimum Gasteiger partial charge on any atom is -0.462 e. The average Bonchev–Trinajstić information content (AvgIpc) is 2.93. The maximum atomic E-state index is 13.1. The van der Waals surface area contributed by atoms with Crippen molar-refractivity contribution in [2.24, 2.45) is 0 Å². The first kappa shape index (κ1) is 28.7. The number of hydrogen-bond donors (Lipinski definition) is 2. The Kier molecular flexibility index (Phi) is 9.01. The number of aliphatic hydroxyl groups excluding tert-OH is 1. The molecule has 2 atom stereocenters. The van der Waals surface area contributed by atoms with Crippen molar-refractivity contribution in [1.82, 2.24) is 14.8 Å². The Balaban J connectivity index is 1.44. The van der Waals surface area contributed by atoms with Gasteiger partial charge in [0.2, 0.25) is 0 Å². The predicted molar refractivity (Wildman–Crippen MR) is 139 cm³/mol. The van der Waals surface area contributed by atoms with Gasteiger partial charge in [-0.3, -0.25) is 19.6 Å². The largest absolute Gasteiger partial charge is 0.462 e. The fourth-order valence-corrected chi connectivity index (χ4v) is 4.61. The monoisotopic (exact) mass is 543 g/mol. The summed E-state index contributed by atoms with van der Waals surface area (Å²) in [6.07, 6.45) is -1.30. The number of carbonyl (C=O) groups excluding carboxylic acids is 1. The van der Waals surface area contributed by atoms with Crippen LogP contribution in [-0.2, 0) is 28.2 Å². The molecule has 1 saturated heterocycles. The van der Waals surface area contributed by atoms with Crippen LogP contribution in [0.15, 0.2) is 73.1 Å². The number of aromatic nitrogens is 1. The maximum Gasteiger partial charge on any atom is 0.421 e. The van der Waals surface area contributed by atoms with Crippen molar-refractivity contribution in [3.05, 3.63) is 89.7 Å². The van der Waals surface area contributed by atoms with Gasteiger partial charge in [-0.25, -0.2) is 0 Å². The molecule has 1 fully saturated rings. The van der Waals surface area contributed by atoms with Gasteiger partial charge >= 0.3 is 12.1 Å². The van der Waals surface area contributed by atoms with Crippen molar-refractivity contribution in [2.75, 3.05) is 32.8 Å². The second kappa shape index (κ2) is 12.3. The van der Waals surface area contributed by atoms with Crippen molar-refractivity contribution in [3.8, 4) is 11.1 Å². The smallest absolute Gasteiger partial charge is 0.421 e. The van der Waals surface area contributed by atoms with Gasteiger partial charge in [0.15, 0.2) is 5.60 Å². The molecule has 39 heavy (non-hydrogen) atoms. The zero-order chi connectivity index (χ0) is 28.0. The minimum atomic E-state index is -4.77. The van der Waals surface area contributed by atoms with Crippen LogP contribution in [0.3, 0.4) is 0 Å². The Hall–Kier alpha value is -3.31. The summed E-state index contributed by atoms with van der Waals surface area (Å²) in [5.74, 6) is -0.380. The minimum absolute atomic E-state index is 0.0561. The molecule has 0 spiro atoms. The van der Waals surface area contributed by atoms with Crippen LogP contribution in [0.4, 0.5) is 13.2 Å². The molecule has 1 aromatic heterocycles. The first-order chi connectivity index (χ1) is 18.6. The van der Waals surface area contributed by atoms with Gasteiger partial charge in [0.1, 0.15) is 12.6 Å². The van der Waals surface area contributed by atoms with E-state index in [1.807, 2.05) is 36.4 Å². The Morgan fingerprint density at radius 2 is 1.54 bits per heavy atom. The highest BCUT2D eigenvalue weighted by molar-refractivity contribution is 5.76. The first-order valence-electron chi connectivity index (χ1n) is 12.7. The summed E-state index contributed by atoms with van der Waals surface area (Å²) in [6, 6.07) is 16.7. The number of carbonyl (C=O) groups is 1. The summed E-state index contributed by atoms with van der Waals surface area (Å²) < 4.78 is 44.7. The molecule has 0 bridgehead atoms. The molecule has 4 rings (SSSR count). The van der Waals surface area contributed by atoms with Gasteiger partial charge in [0.25, 0.3) is 0 Å². The van der Waals surface area contributed by atoms with Gasteiger partial charge < -0.3 is 14.9 Å². The highest BCUT2D eigenvalue weighted by atomic mass is 19.4. The van der Waals surface area contributed by atoms with E-state index in [4.69, 9.17) is 9.84 Å². The molecule has 208 valence electrons. The number of rotatable bonds is 9. The molecule has 7 nitrogen and oxygen atoms in total. The molecule has 0 saturated carbocycles. The van der Waals surface area contributed by atoms with Gasteiger partial charge in [-0.15, -0.1) is 0 Å². The molecule has 2 heterocycles. The van der Waals surface area contributed by atoms with Crippen LogP contribution in [0, 0.1) is 0 Å². The zero-order valence-electron chi connectivity index (χ0n) is 21.6. The standard InChI is InChI=1S/C29H32F3N3O4/c1-28(38,29(30,31)32)25-8-6-24(7-9-25)23-4-2-21(3-5-23)19-35-15-14-34(18-22-10-12-33-13-11-22)20-26(35)27(37)39-17-16-36/h2-13,26,36,38H,14-20H2,1H3/t26-,28?/m0/s1. The number of aliphatic hydroxyl groups is 2. The van der Waals surface area contributed by atoms with Crippen LogP contribution in [0.2, 0.25) is 0 Å². The van der Waals surface area contributed by atoms with Crippen LogP contribution < -0.4 is 0 Å². The van der Waals surface area contributed by atoms with Crippen molar-refractivity contribution < 1.29 is 32.9 Å². The molecule has 0 aliphatic carbocycles. The SMILES string of the molecule is CC(O)(c1ccc(-c2ccc(CN3CCN(Cc4ccncc4)C[C@H]3C(=O)OCCO)cc2)cc1)C(F)(F)F. The van der Waals surface area contributed by atoms with E-state index in [9.17, 15) is 23.1 Å². The van der Waals surface area contributed by atoms with Crippen LogP contribution in [0.25, 0.3) is 11.1 Å². The van der Waals surface area contributed by atoms with E-state index in [0.717, 1.165) is 35.7 Å². The number of hydrogen-bond acceptors (Lipinski definition) is 7. The average molecular weight is 544 g/mol. The van der Waals surface area contributed by atoms with Crippen LogP contribution >= 0.6 is 0 Å². The molecule has 0 amide bonds. The van der Waals surface area contributed by atoms with Crippen molar-refractivity contribution in [1.29, 1.82) is 0 Å². The van der Waals surface area contributed by atoms with Gasteiger partial charge in [0, 0.05) is 45.1 Å². The molecule has 1 unspecified atom stereocenters. The summed E-state index contributed by atoms with van der Waals surface area (Å²) in [5, 5.41) is 19.0. The second-order valence-electron chi connectivity index (χ2n) is 9.81. The number of pyridine rings is 1. The van der Waals surface area contributed by atoms with E-state index in [-0.39, 0.29) is 24.7 Å². The normalized spacial score (nSPS) is 18.5. The van der Waals surface area contributed by atoms with E-state index in [2.05, 4.69) is 14.8 Å². The first-order valence-corrected chi connectivity index (χ1v) is 12.7. The van der Waals surface area contributed by atoms with Gasteiger partial charge in [-0.2, -0.15) is 13.2 Å². The zero-order valence-corrected chi connectivity index (χ0v) is 21.6. The number of alkyl halides is 3. The Morgan fingerprint density at radius 3 is 2.13 bits per heavy atom. The fourth-order valence-electron chi connectivity index (χ4n) is 4.61. The van der Waals surface area contributed by atoms with E-state index in [0.29, 0.717) is 26.2 Å². The third kappa shape index (κ3) is 7.02. The molecular formula is C29H32F3N3O4. The number of halogens is 3. The molecule has 2 aromatic carbocycles. The van der Waals surface area contributed by atoms with E-state index in [1.165, 1.54) is 12.1 Å². The van der Waals surface area contributed by atoms with Crippen molar-refractivity contribution >= 4 is 5.97 Å². The number of benzene rings is 2. The Bertz CT molecular complexity index is 1220. The third-order valence-electron chi connectivity index (χ3n) is 7.01. The van der Waals surface area contributed by atoms with E-state index in [1.54, 1.807) is 24.5 Å². The van der Waals surface area contributed by atoms with Gasteiger partial charge in [-0.1, -0.05) is 48.5 Å². The Labute approximate surface area is 225 Å². The molecule has 2 N–H and O–H groups in total.